The molecular weight excluding hydrogens is 220 g/mol. The summed E-state index contributed by atoms with van der Waals surface area (Å²) < 4.78 is 0. The van der Waals surface area contributed by atoms with Crippen molar-refractivity contribution in [3.05, 3.63) is 29.8 Å². The van der Waals surface area contributed by atoms with E-state index in [1.807, 2.05) is 23.9 Å². The molecule has 1 atom stereocenters. The van der Waals surface area contributed by atoms with Crippen LogP contribution in [0.2, 0.25) is 0 Å². The molecule has 1 aromatic carbocycles. The van der Waals surface area contributed by atoms with Crippen molar-refractivity contribution in [2.75, 3.05) is 18.8 Å². The Bertz CT molecular complexity index is 435. The van der Waals surface area contributed by atoms with Crippen LogP contribution in [0.5, 0.6) is 0 Å². The van der Waals surface area contributed by atoms with Gasteiger partial charge in [0.25, 0.3) is 0 Å². The molecule has 1 fully saturated rings. The normalized spacial score (nSPS) is 28.6. The monoisotopic (exact) mass is 234 g/mol. The SMILES string of the molecule is O=C1NCCNC12CCSc1ccccc12. The number of hydrogen-bond acceptors (Lipinski definition) is 3. The third kappa shape index (κ3) is 1.37. The average Bonchev–Trinajstić information content (AvgIpc) is 2.34. The summed E-state index contributed by atoms with van der Waals surface area (Å²) in [6, 6.07) is 8.21. The van der Waals surface area contributed by atoms with E-state index in [1.165, 1.54) is 4.90 Å². The lowest BCUT2D eigenvalue weighted by atomic mass is 9.84. The summed E-state index contributed by atoms with van der Waals surface area (Å²) in [6.45, 7) is 1.58. The molecule has 1 unspecified atom stereocenters. The van der Waals surface area contributed by atoms with Gasteiger partial charge in [0.05, 0.1) is 0 Å². The zero-order valence-corrected chi connectivity index (χ0v) is 9.77. The van der Waals surface area contributed by atoms with E-state index in [-0.39, 0.29) is 5.91 Å². The highest BCUT2D eigenvalue weighted by molar-refractivity contribution is 7.99. The van der Waals surface area contributed by atoms with E-state index in [9.17, 15) is 4.79 Å². The van der Waals surface area contributed by atoms with E-state index in [2.05, 4.69) is 22.8 Å². The standard InChI is InChI=1S/C12H14N2OS/c15-11-12(14-7-6-13-11)5-8-16-10-4-2-1-3-9(10)12/h1-4,14H,5-8H2,(H,13,15). The maximum absolute atomic E-state index is 12.2. The number of fused-ring (bicyclic) bond motifs is 2. The Morgan fingerprint density at radius 2 is 2.12 bits per heavy atom. The summed E-state index contributed by atoms with van der Waals surface area (Å²) in [6.07, 6.45) is 0.876. The Hall–Kier alpha value is -1.00. The number of rotatable bonds is 0. The Balaban J connectivity index is 2.12. The van der Waals surface area contributed by atoms with Gasteiger partial charge in [0.1, 0.15) is 5.54 Å². The van der Waals surface area contributed by atoms with Crippen molar-refractivity contribution in [3.63, 3.8) is 0 Å². The zero-order valence-electron chi connectivity index (χ0n) is 8.95. The molecule has 84 valence electrons. The molecule has 1 aromatic rings. The van der Waals surface area contributed by atoms with E-state index < -0.39 is 5.54 Å². The highest BCUT2D eigenvalue weighted by Gasteiger charge is 2.44. The number of amides is 1. The van der Waals surface area contributed by atoms with E-state index in [1.54, 1.807) is 0 Å². The van der Waals surface area contributed by atoms with Crippen LogP contribution in [-0.4, -0.2) is 24.7 Å². The first-order valence-electron chi connectivity index (χ1n) is 5.58. The first-order valence-corrected chi connectivity index (χ1v) is 6.57. The maximum Gasteiger partial charge on any atom is 0.245 e. The van der Waals surface area contributed by atoms with Crippen LogP contribution in [0.15, 0.2) is 29.2 Å². The lowest BCUT2D eigenvalue weighted by molar-refractivity contribution is -0.130. The Labute approximate surface area is 99.0 Å². The molecule has 16 heavy (non-hydrogen) atoms. The number of carbonyl (C=O) groups excluding carboxylic acids is 1. The first-order chi connectivity index (χ1) is 7.83. The minimum absolute atomic E-state index is 0.131. The van der Waals surface area contributed by atoms with Crippen molar-refractivity contribution in [1.82, 2.24) is 10.6 Å². The number of carbonyl (C=O) groups is 1. The van der Waals surface area contributed by atoms with Crippen LogP contribution in [0.25, 0.3) is 0 Å². The van der Waals surface area contributed by atoms with Crippen molar-refractivity contribution in [1.29, 1.82) is 0 Å². The van der Waals surface area contributed by atoms with Crippen LogP contribution in [0.1, 0.15) is 12.0 Å². The molecule has 1 spiro atoms. The molecule has 3 rings (SSSR count). The molecule has 3 nitrogen and oxygen atoms in total. The average molecular weight is 234 g/mol. The van der Waals surface area contributed by atoms with Gasteiger partial charge >= 0.3 is 0 Å². The second-order valence-corrected chi connectivity index (χ2v) is 5.32. The molecule has 0 aliphatic carbocycles. The quantitative estimate of drug-likeness (QED) is 0.706. The number of hydrogen-bond donors (Lipinski definition) is 2. The van der Waals surface area contributed by atoms with Gasteiger partial charge in [-0.05, 0) is 18.1 Å². The third-order valence-corrected chi connectivity index (χ3v) is 4.38. The highest BCUT2D eigenvalue weighted by atomic mass is 32.2. The van der Waals surface area contributed by atoms with Gasteiger partial charge in [-0.3, -0.25) is 10.1 Å². The third-order valence-electron chi connectivity index (χ3n) is 3.31. The molecule has 2 heterocycles. The van der Waals surface area contributed by atoms with Gasteiger partial charge in [0.2, 0.25) is 5.91 Å². The molecule has 0 aromatic heterocycles. The van der Waals surface area contributed by atoms with Crippen LogP contribution < -0.4 is 10.6 Å². The molecule has 0 saturated carbocycles. The number of piperazine rings is 1. The minimum Gasteiger partial charge on any atom is -0.353 e. The van der Waals surface area contributed by atoms with Crippen molar-refractivity contribution >= 4 is 17.7 Å². The fourth-order valence-corrected chi connectivity index (χ4v) is 3.70. The van der Waals surface area contributed by atoms with Crippen molar-refractivity contribution in [2.45, 2.75) is 16.9 Å². The van der Waals surface area contributed by atoms with Gasteiger partial charge in [-0.25, -0.2) is 0 Å². The lowest BCUT2D eigenvalue weighted by Gasteiger charge is -2.41. The molecule has 2 aliphatic rings. The summed E-state index contributed by atoms with van der Waals surface area (Å²) in [7, 11) is 0. The van der Waals surface area contributed by atoms with Gasteiger partial charge in [0, 0.05) is 23.7 Å². The Morgan fingerprint density at radius 1 is 1.25 bits per heavy atom. The highest BCUT2D eigenvalue weighted by Crippen LogP contribution is 2.40. The molecule has 2 N–H and O–H groups in total. The second-order valence-electron chi connectivity index (χ2n) is 4.18. The van der Waals surface area contributed by atoms with Crippen LogP contribution in [0.4, 0.5) is 0 Å². The zero-order chi connectivity index (χ0) is 11.0. The van der Waals surface area contributed by atoms with Gasteiger partial charge in [-0.15, -0.1) is 11.8 Å². The maximum atomic E-state index is 12.2. The van der Waals surface area contributed by atoms with Gasteiger partial charge in [0.15, 0.2) is 0 Å². The molecular formula is C12H14N2OS. The Kier molecular flexibility index (Phi) is 2.41. The number of nitrogens with one attached hydrogen (secondary N) is 2. The van der Waals surface area contributed by atoms with Gasteiger partial charge in [-0.2, -0.15) is 0 Å². The van der Waals surface area contributed by atoms with Crippen LogP contribution >= 0.6 is 11.8 Å². The Morgan fingerprint density at radius 3 is 3.00 bits per heavy atom. The smallest absolute Gasteiger partial charge is 0.245 e. The van der Waals surface area contributed by atoms with Crippen molar-refractivity contribution in [3.8, 4) is 0 Å². The van der Waals surface area contributed by atoms with Crippen LogP contribution in [-0.2, 0) is 10.3 Å². The van der Waals surface area contributed by atoms with Crippen LogP contribution in [0.3, 0.4) is 0 Å². The molecule has 0 bridgehead atoms. The van der Waals surface area contributed by atoms with Gasteiger partial charge < -0.3 is 5.32 Å². The molecule has 0 radical (unpaired) electrons. The van der Waals surface area contributed by atoms with Gasteiger partial charge in [-0.1, -0.05) is 18.2 Å². The number of thioether (sulfide) groups is 1. The predicted molar refractivity (Wildman–Crippen MR) is 64.5 cm³/mol. The summed E-state index contributed by atoms with van der Waals surface area (Å²) in [5.74, 6) is 1.13. The molecule has 1 saturated heterocycles. The van der Waals surface area contributed by atoms with Crippen LogP contribution in [0, 0.1) is 0 Å². The van der Waals surface area contributed by atoms with E-state index >= 15 is 0 Å². The summed E-state index contributed by atoms with van der Waals surface area (Å²) >= 11 is 1.84. The molecule has 1 amide bonds. The predicted octanol–water partition coefficient (Wildman–Crippen LogP) is 1.10. The lowest BCUT2D eigenvalue weighted by Crippen LogP contribution is -2.61. The van der Waals surface area contributed by atoms with E-state index in [0.717, 1.165) is 30.8 Å². The topological polar surface area (TPSA) is 41.1 Å². The molecule has 2 aliphatic heterocycles. The minimum atomic E-state index is -0.472. The van der Waals surface area contributed by atoms with Crippen molar-refractivity contribution < 1.29 is 4.79 Å². The fraction of sp³-hybridized carbons (Fsp3) is 0.417. The summed E-state index contributed by atoms with van der Waals surface area (Å²) in [5.41, 5.74) is 0.670. The second kappa shape index (κ2) is 3.79. The fourth-order valence-electron chi connectivity index (χ4n) is 2.50. The van der Waals surface area contributed by atoms with E-state index in [4.69, 9.17) is 0 Å². The van der Waals surface area contributed by atoms with Crippen molar-refractivity contribution in [2.24, 2.45) is 0 Å². The summed E-state index contributed by atoms with van der Waals surface area (Å²) in [4.78, 5) is 13.4. The largest absolute Gasteiger partial charge is 0.353 e. The summed E-state index contributed by atoms with van der Waals surface area (Å²) in [5, 5.41) is 6.39. The molecule has 4 heteroatoms. The number of benzene rings is 1. The first kappa shape index (κ1) is 10.2. The van der Waals surface area contributed by atoms with E-state index in [0.29, 0.717) is 0 Å².